The summed E-state index contributed by atoms with van der Waals surface area (Å²) in [4.78, 5) is 12.1. The highest BCUT2D eigenvalue weighted by molar-refractivity contribution is 5.74. The van der Waals surface area contributed by atoms with Crippen LogP contribution >= 0.6 is 0 Å². The number of benzene rings is 1. The van der Waals surface area contributed by atoms with Gasteiger partial charge in [-0.2, -0.15) is 0 Å². The molecule has 6 heteroatoms. The van der Waals surface area contributed by atoms with E-state index in [2.05, 4.69) is 10.6 Å². The van der Waals surface area contributed by atoms with Crippen molar-refractivity contribution in [3.63, 3.8) is 0 Å². The molecule has 0 spiro atoms. The zero-order valence-corrected chi connectivity index (χ0v) is 13.9. The topological polar surface area (TPSA) is 72.7 Å². The summed E-state index contributed by atoms with van der Waals surface area (Å²) in [5, 5.41) is 5.85. The second-order valence-electron chi connectivity index (χ2n) is 5.93. The quantitative estimate of drug-likeness (QED) is 0.884. The lowest BCUT2D eigenvalue weighted by Crippen LogP contribution is -2.42. The van der Waals surface area contributed by atoms with Gasteiger partial charge in [0.1, 0.15) is 19.0 Å². The minimum absolute atomic E-state index is 0.0244. The van der Waals surface area contributed by atoms with Crippen molar-refractivity contribution in [1.29, 1.82) is 0 Å². The third-order valence-corrected chi connectivity index (χ3v) is 3.88. The standard InChI is InChI=1S/C18H22N2O4/c1-12(10-15-4-3-7-22-15)19-18(21)20-13(2)14-5-6-16-17(11-14)24-9-8-23-16/h3-7,11-13H,8-10H2,1-2H3,(H2,19,20,21)/t12-,13-/m0/s1. The smallest absolute Gasteiger partial charge is 0.315 e. The Morgan fingerprint density at radius 2 is 1.92 bits per heavy atom. The number of hydrogen-bond donors (Lipinski definition) is 2. The molecule has 0 radical (unpaired) electrons. The van der Waals surface area contributed by atoms with E-state index in [1.807, 2.05) is 44.2 Å². The highest BCUT2D eigenvalue weighted by Crippen LogP contribution is 2.32. The van der Waals surface area contributed by atoms with Crippen molar-refractivity contribution in [2.75, 3.05) is 13.2 Å². The summed E-state index contributed by atoms with van der Waals surface area (Å²) in [6.07, 6.45) is 2.28. The molecule has 0 aliphatic carbocycles. The first-order valence-electron chi connectivity index (χ1n) is 8.11. The van der Waals surface area contributed by atoms with Crippen LogP contribution in [0.3, 0.4) is 0 Å². The Labute approximate surface area is 141 Å². The summed E-state index contributed by atoms with van der Waals surface area (Å²) >= 11 is 0. The molecule has 0 unspecified atom stereocenters. The molecule has 2 amide bonds. The minimum atomic E-state index is -0.212. The van der Waals surface area contributed by atoms with Gasteiger partial charge in [0.15, 0.2) is 11.5 Å². The molecule has 0 saturated heterocycles. The van der Waals surface area contributed by atoms with Crippen LogP contribution < -0.4 is 20.1 Å². The molecule has 0 saturated carbocycles. The van der Waals surface area contributed by atoms with E-state index in [1.165, 1.54) is 0 Å². The van der Waals surface area contributed by atoms with E-state index in [-0.39, 0.29) is 18.1 Å². The number of amides is 2. The van der Waals surface area contributed by atoms with Crippen LogP contribution in [0.1, 0.15) is 31.2 Å². The van der Waals surface area contributed by atoms with E-state index in [0.29, 0.717) is 19.6 Å². The zero-order valence-electron chi connectivity index (χ0n) is 13.9. The van der Waals surface area contributed by atoms with Crippen LogP contribution in [0.5, 0.6) is 11.5 Å². The number of urea groups is 1. The number of carbonyl (C=O) groups excluding carboxylic acids is 1. The van der Waals surface area contributed by atoms with E-state index in [4.69, 9.17) is 13.9 Å². The van der Waals surface area contributed by atoms with Crippen LogP contribution in [0.25, 0.3) is 0 Å². The molecular weight excluding hydrogens is 308 g/mol. The van der Waals surface area contributed by atoms with Crippen LogP contribution in [-0.4, -0.2) is 25.3 Å². The highest BCUT2D eigenvalue weighted by Gasteiger charge is 2.16. The number of furan rings is 1. The zero-order chi connectivity index (χ0) is 16.9. The molecule has 0 bridgehead atoms. The fraction of sp³-hybridized carbons (Fsp3) is 0.389. The second kappa shape index (κ2) is 7.29. The van der Waals surface area contributed by atoms with E-state index < -0.39 is 0 Å². The average Bonchev–Trinajstić information content (AvgIpc) is 3.06. The lowest BCUT2D eigenvalue weighted by molar-refractivity contribution is 0.171. The van der Waals surface area contributed by atoms with Gasteiger partial charge in [-0.25, -0.2) is 4.79 Å². The van der Waals surface area contributed by atoms with Gasteiger partial charge in [-0.15, -0.1) is 0 Å². The van der Waals surface area contributed by atoms with Gasteiger partial charge in [-0.05, 0) is 43.7 Å². The maximum Gasteiger partial charge on any atom is 0.315 e. The largest absolute Gasteiger partial charge is 0.486 e. The van der Waals surface area contributed by atoms with Crippen LogP contribution in [0.2, 0.25) is 0 Å². The van der Waals surface area contributed by atoms with E-state index in [9.17, 15) is 4.79 Å². The number of ether oxygens (including phenoxy) is 2. The average molecular weight is 330 g/mol. The lowest BCUT2D eigenvalue weighted by Gasteiger charge is -2.22. The number of rotatable bonds is 5. The lowest BCUT2D eigenvalue weighted by atomic mass is 10.1. The molecule has 24 heavy (non-hydrogen) atoms. The number of hydrogen-bond acceptors (Lipinski definition) is 4. The van der Waals surface area contributed by atoms with Gasteiger partial charge < -0.3 is 24.5 Å². The van der Waals surface area contributed by atoms with Crippen molar-refractivity contribution in [2.24, 2.45) is 0 Å². The van der Waals surface area contributed by atoms with Gasteiger partial charge in [-0.3, -0.25) is 0 Å². The summed E-state index contributed by atoms with van der Waals surface area (Å²) in [7, 11) is 0. The predicted octanol–water partition coefficient (Wildman–Crippen LogP) is 3.04. The Kier molecular flexibility index (Phi) is 4.93. The minimum Gasteiger partial charge on any atom is -0.486 e. The SMILES string of the molecule is C[C@H](NC(=O)N[C@@H](C)Cc1ccco1)c1ccc2c(c1)OCCO2. The molecule has 3 rings (SSSR count). The molecule has 2 heterocycles. The van der Waals surface area contributed by atoms with Crippen LogP contribution in [0.4, 0.5) is 4.79 Å². The first-order valence-corrected chi connectivity index (χ1v) is 8.11. The Balaban J connectivity index is 1.54. The summed E-state index contributed by atoms with van der Waals surface area (Å²) in [6.45, 7) is 4.98. The molecule has 2 N–H and O–H groups in total. The van der Waals surface area contributed by atoms with Crippen molar-refractivity contribution >= 4 is 6.03 Å². The highest BCUT2D eigenvalue weighted by atomic mass is 16.6. The number of carbonyl (C=O) groups is 1. The molecule has 128 valence electrons. The van der Waals surface area contributed by atoms with Gasteiger partial charge in [-0.1, -0.05) is 6.07 Å². The summed E-state index contributed by atoms with van der Waals surface area (Å²) in [5.74, 6) is 2.32. The third-order valence-electron chi connectivity index (χ3n) is 3.88. The van der Waals surface area contributed by atoms with Gasteiger partial charge in [0, 0.05) is 12.5 Å². The summed E-state index contributed by atoms with van der Waals surface area (Å²) < 4.78 is 16.4. The maximum absolute atomic E-state index is 12.1. The fourth-order valence-electron chi connectivity index (χ4n) is 2.66. The molecule has 1 aliphatic heterocycles. The Morgan fingerprint density at radius 1 is 1.12 bits per heavy atom. The first kappa shape index (κ1) is 16.2. The van der Waals surface area contributed by atoms with E-state index in [0.717, 1.165) is 22.8 Å². The van der Waals surface area contributed by atoms with Gasteiger partial charge in [0.25, 0.3) is 0 Å². The summed E-state index contributed by atoms with van der Waals surface area (Å²) in [6, 6.07) is 9.08. The second-order valence-corrected chi connectivity index (χ2v) is 5.93. The van der Waals surface area contributed by atoms with Crippen molar-refractivity contribution in [2.45, 2.75) is 32.4 Å². The molecule has 0 fully saturated rings. The molecule has 1 aliphatic rings. The monoisotopic (exact) mass is 330 g/mol. The van der Waals surface area contributed by atoms with Crippen LogP contribution in [0, 0.1) is 0 Å². The number of nitrogens with one attached hydrogen (secondary N) is 2. The van der Waals surface area contributed by atoms with Crippen molar-refractivity contribution in [3.05, 3.63) is 47.9 Å². The summed E-state index contributed by atoms with van der Waals surface area (Å²) in [5.41, 5.74) is 0.966. The Hall–Kier alpha value is -2.63. The molecule has 2 aromatic rings. The van der Waals surface area contributed by atoms with Gasteiger partial charge >= 0.3 is 6.03 Å². The predicted molar refractivity (Wildman–Crippen MR) is 89.4 cm³/mol. The molecule has 6 nitrogen and oxygen atoms in total. The molecule has 1 aromatic heterocycles. The Morgan fingerprint density at radius 3 is 2.67 bits per heavy atom. The molecular formula is C18H22N2O4. The first-order chi connectivity index (χ1) is 11.6. The fourth-order valence-corrected chi connectivity index (χ4v) is 2.66. The van der Waals surface area contributed by atoms with Crippen molar-refractivity contribution in [1.82, 2.24) is 10.6 Å². The normalized spacial score (nSPS) is 15.4. The van der Waals surface area contributed by atoms with Crippen LogP contribution in [0.15, 0.2) is 41.0 Å². The van der Waals surface area contributed by atoms with E-state index >= 15 is 0 Å². The maximum atomic E-state index is 12.1. The third kappa shape index (κ3) is 4.01. The number of fused-ring (bicyclic) bond motifs is 1. The van der Waals surface area contributed by atoms with Gasteiger partial charge in [0.2, 0.25) is 0 Å². The Bertz CT molecular complexity index is 684. The molecule has 1 aromatic carbocycles. The van der Waals surface area contributed by atoms with Crippen molar-refractivity contribution < 1.29 is 18.7 Å². The van der Waals surface area contributed by atoms with Crippen LogP contribution in [-0.2, 0) is 6.42 Å². The van der Waals surface area contributed by atoms with E-state index in [1.54, 1.807) is 6.26 Å². The van der Waals surface area contributed by atoms with Gasteiger partial charge in [0.05, 0.1) is 12.3 Å². The molecule has 2 atom stereocenters. The van der Waals surface area contributed by atoms with Crippen molar-refractivity contribution in [3.8, 4) is 11.5 Å².